The van der Waals surface area contributed by atoms with Gasteiger partial charge in [-0.3, -0.25) is 0 Å². The van der Waals surface area contributed by atoms with Gasteiger partial charge in [-0.1, -0.05) is 6.07 Å². The zero-order chi connectivity index (χ0) is 13.4. The van der Waals surface area contributed by atoms with E-state index in [-0.39, 0.29) is 0 Å². The highest BCUT2D eigenvalue weighted by atomic mass is 15.1. The number of nitrogens with two attached hydrogens (primary N) is 1. The summed E-state index contributed by atoms with van der Waals surface area (Å²) in [6.45, 7) is 4.68. The van der Waals surface area contributed by atoms with Crippen LogP contribution in [0.3, 0.4) is 0 Å². The van der Waals surface area contributed by atoms with E-state index in [1.807, 2.05) is 0 Å². The predicted molar refractivity (Wildman–Crippen MR) is 75.8 cm³/mol. The molecule has 19 heavy (non-hydrogen) atoms. The number of aromatic nitrogens is 3. The van der Waals surface area contributed by atoms with Gasteiger partial charge < -0.3 is 10.1 Å². The number of pyridine rings is 1. The molecule has 4 nitrogen and oxygen atoms in total. The summed E-state index contributed by atoms with van der Waals surface area (Å²) < 4.78 is 2.24. The molecular weight excluding hydrogens is 236 g/mol. The molecule has 0 saturated carbocycles. The van der Waals surface area contributed by atoms with Crippen LogP contribution in [-0.4, -0.2) is 14.6 Å². The Kier molecular flexibility index (Phi) is 2.80. The second kappa shape index (κ2) is 4.48. The van der Waals surface area contributed by atoms with Gasteiger partial charge in [0.1, 0.15) is 0 Å². The van der Waals surface area contributed by atoms with E-state index in [9.17, 15) is 0 Å². The van der Waals surface area contributed by atoms with Crippen molar-refractivity contribution >= 4 is 5.52 Å². The summed E-state index contributed by atoms with van der Waals surface area (Å²) in [5.74, 6) is 0. The van der Waals surface area contributed by atoms with Crippen molar-refractivity contribution < 1.29 is 0 Å². The van der Waals surface area contributed by atoms with E-state index in [2.05, 4.69) is 52.7 Å². The van der Waals surface area contributed by atoms with Crippen LogP contribution in [0.2, 0.25) is 0 Å². The Morgan fingerprint density at radius 2 is 1.95 bits per heavy atom. The van der Waals surface area contributed by atoms with E-state index < -0.39 is 0 Å². The average molecular weight is 252 g/mol. The normalized spacial score (nSPS) is 11.1. The highest BCUT2D eigenvalue weighted by Crippen LogP contribution is 2.29. The van der Waals surface area contributed by atoms with Crippen LogP contribution in [0.4, 0.5) is 0 Å². The van der Waals surface area contributed by atoms with Gasteiger partial charge in [0.15, 0.2) is 0 Å². The van der Waals surface area contributed by atoms with Gasteiger partial charge in [0.05, 0.1) is 18.1 Å². The van der Waals surface area contributed by atoms with Gasteiger partial charge in [0, 0.05) is 23.3 Å². The lowest BCUT2D eigenvalue weighted by Gasteiger charge is -2.10. The third-order valence-corrected chi connectivity index (χ3v) is 3.46. The first-order valence-corrected chi connectivity index (χ1v) is 6.30. The lowest BCUT2D eigenvalue weighted by molar-refractivity contribution is 0.961. The molecular formula is C15H16N4. The van der Waals surface area contributed by atoms with Crippen LogP contribution in [0.1, 0.15) is 16.8 Å². The van der Waals surface area contributed by atoms with Crippen molar-refractivity contribution in [3.8, 4) is 11.3 Å². The third-order valence-electron chi connectivity index (χ3n) is 3.46. The van der Waals surface area contributed by atoms with Crippen molar-refractivity contribution in [1.82, 2.24) is 14.6 Å². The van der Waals surface area contributed by atoms with Gasteiger partial charge >= 0.3 is 0 Å². The number of fused-ring (bicyclic) bond motifs is 1. The van der Waals surface area contributed by atoms with E-state index in [4.69, 9.17) is 5.73 Å². The third kappa shape index (κ3) is 1.81. The Balaban J connectivity index is 2.39. The van der Waals surface area contributed by atoms with Crippen LogP contribution < -0.4 is 5.73 Å². The molecule has 0 saturated heterocycles. The van der Waals surface area contributed by atoms with Gasteiger partial charge in [-0.2, -0.15) is 10.2 Å². The second-order valence-electron chi connectivity index (χ2n) is 4.74. The first kappa shape index (κ1) is 11.9. The zero-order valence-corrected chi connectivity index (χ0v) is 11.1. The van der Waals surface area contributed by atoms with Gasteiger partial charge in [-0.25, -0.2) is 0 Å². The molecule has 0 radical (unpaired) electrons. The average Bonchev–Trinajstić information content (AvgIpc) is 2.76. The van der Waals surface area contributed by atoms with Crippen LogP contribution >= 0.6 is 0 Å². The fourth-order valence-electron chi connectivity index (χ4n) is 2.58. The molecule has 0 aliphatic heterocycles. The highest BCUT2D eigenvalue weighted by molar-refractivity contribution is 5.73. The quantitative estimate of drug-likeness (QED) is 0.762. The fourth-order valence-corrected chi connectivity index (χ4v) is 2.58. The topological polar surface area (TPSA) is 56.2 Å². The van der Waals surface area contributed by atoms with Crippen LogP contribution in [-0.2, 0) is 6.54 Å². The molecule has 3 aromatic rings. The molecule has 3 aromatic heterocycles. The number of nitrogens with zero attached hydrogens (tertiary/aromatic N) is 3. The van der Waals surface area contributed by atoms with Crippen molar-refractivity contribution in [2.45, 2.75) is 20.4 Å². The Morgan fingerprint density at radius 1 is 1.16 bits per heavy atom. The first-order chi connectivity index (χ1) is 9.22. The summed E-state index contributed by atoms with van der Waals surface area (Å²) in [6.07, 6.45) is 3.54. The Labute approximate surface area is 111 Å². The number of hydrogen-bond donors (Lipinski definition) is 1. The van der Waals surface area contributed by atoms with Crippen LogP contribution in [0.25, 0.3) is 16.8 Å². The standard InChI is InChI=1S/C15H16N4/c1-10-6-13-5-3-4-11(2)19(13)15(10)14-9-18-17-8-12(14)7-16/h3-6,8-9H,7,16H2,1-2H3. The van der Waals surface area contributed by atoms with Crippen molar-refractivity contribution in [2.75, 3.05) is 0 Å². The lowest BCUT2D eigenvalue weighted by atomic mass is 10.1. The molecule has 0 aromatic carbocycles. The fraction of sp³-hybridized carbons (Fsp3) is 0.200. The molecule has 0 aliphatic rings. The zero-order valence-electron chi connectivity index (χ0n) is 11.1. The number of hydrogen-bond acceptors (Lipinski definition) is 3. The summed E-state index contributed by atoms with van der Waals surface area (Å²) in [5.41, 5.74) is 12.6. The minimum Gasteiger partial charge on any atom is -0.326 e. The van der Waals surface area contributed by atoms with E-state index in [0.29, 0.717) is 6.54 Å². The summed E-state index contributed by atoms with van der Waals surface area (Å²) in [7, 11) is 0. The molecule has 0 atom stereocenters. The minimum absolute atomic E-state index is 0.462. The van der Waals surface area contributed by atoms with Crippen molar-refractivity contribution in [1.29, 1.82) is 0 Å². The molecule has 3 rings (SSSR count). The summed E-state index contributed by atoms with van der Waals surface area (Å²) in [6, 6.07) is 8.47. The van der Waals surface area contributed by atoms with Gasteiger partial charge in [-0.05, 0) is 43.2 Å². The molecule has 0 spiro atoms. The van der Waals surface area contributed by atoms with E-state index in [0.717, 1.165) is 16.8 Å². The molecule has 4 heteroatoms. The molecule has 0 aliphatic carbocycles. The molecule has 0 bridgehead atoms. The Hall–Kier alpha value is -2.20. The Morgan fingerprint density at radius 3 is 2.74 bits per heavy atom. The largest absolute Gasteiger partial charge is 0.326 e. The van der Waals surface area contributed by atoms with Gasteiger partial charge in [0.25, 0.3) is 0 Å². The molecule has 96 valence electrons. The summed E-state index contributed by atoms with van der Waals surface area (Å²) >= 11 is 0. The summed E-state index contributed by atoms with van der Waals surface area (Å²) in [5, 5.41) is 7.93. The van der Waals surface area contributed by atoms with E-state index in [1.54, 1.807) is 12.4 Å². The summed E-state index contributed by atoms with van der Waals surface area (Å²) in [4.78, 5) is 0. The smallest absolute Gasteiger partial charge is 0.0593 e. The maximum absolute atomic E-state index is 5.81. The number of aryl methyl sites for hydroxylation is 2. The first-order valence-electron chi connectivity index (χ1n) is 6.30. The van der Waals surface area contributed by atoms with Crippen LogP contribution in [0.15, 0.2) is 36.7 Å². The molecule has 0 unspecified atom stereocenters. The van der Waals surface area contributed by atoms with Crippen LogP contribution in [0.5, 0.6) is 0 Å². The van der Waals surface area contributed by atoms with E-state index >= 15 is 0 Å². The highest BCUT2D eigenvalue weighted by Gasteiger charge is 2.14. The predicted octanol–water partition coefficient (Wildman–Crippen LogP) is 2.47. The molecule has 0 amide bonds. The Bertz CT molecular complexity index is 743. The van der Waals surface area contributed by atoms with Crippen molar-refractivity contribution in [3.63, 3.8) is 0 Å². The second-order valence-corrected chi connectivity index (χ2v) is 4.74. The van der Waals surface area contributed by atoms with Crippen molar-refractivity contribution in [2.24, 2.45) is 5.73 Å². The maximum atomic E-state index is 5.81. The SMILES string of the molecule is Cc1cc2cccc(C)n2c1-c1cnncc1CN. The molecule has 3 heterocycles. The maximum Gasteiger partial charge on any atom is 0.0593 e. The number of rotatable bonds is 2. The van der Waals surface area contributed by atoms with Gasteiger partial charge in [-0.15, -0.1) is 0 Å². The van der Waals surface area contributed by atoms with E-state index in [1.165, 1.54) is 16.8 Å². The lowest BCUT2D eigenvalue weighted by Crippen LogP contribution is -2.03. The molecule has 2 N–H and O–H groups in total. The van der Waals surface area contributed by atoms with Crippen LogP contribution in [0, 0.1) is 13.8 Å². The minimum atomic E-state index is 0.462. The molecule has 0 fully saturated rings. The van der Waals surface area contributed by atoms with Gasteiger partial charge in [0.2, 0.25) is 0 Å². The van der Waals surface area contributed by atoms with Crippen molar-refractivity contribution in [3.05, 3.63) is 53.5 Å². The monoisotopic (exact) mass is 252 g/mol.